The van der Waals surface area contributed by atoms with Crippen molar-refractivity contribution in [1.82, 2.24) is 0 Å². The molecule has 0 aliphatic carbocycles. The number of nitrogens with one attached hydrogen (secondary N) is 2. The van der Waals surface area contributed by atoms with E-state index in [-0.39, 0.29) is 5.75 Å². The van der Waals surface area contributed by atoms with E-state index in [0.717, 1.165) is 17.8 Å². The minimum absolute atomic E-state index is 0.158. The van der Waals surface area contributed by atoms with Gasteiger partial charge in [0.15, 0.2) is 0 Å². The zero-order valence-corrected chi connectivity index (χ0v) is 15.4. The van der Waals surface area contributed by atoms with Gasteiger partial charge < -0.3 is 5.32 Å². The van der Waals surface area contributed by atoms with Gasteiger partial charge >= 0.3 is 0 Å². The Hall–Kier alpha value is -2.01. The first-order chi connectivity index (χ1) is 11.4. The van der Waals surface area contributed by atoms with Crippen molar-refractivity contribution in [2.75, 3.05) is 15.8 Å². The Morgan fingerprint density at radius 1 is 0.958 bits per heavy atom. The van der Waals surface area contributed by atoms with Gasteiger partial charge in [-0.3, -0.25) is 4.72 Å². The zero-order valence-electron chi connectivity index (χ0n) is 14.5. The average molecular weight is 346 g/mol. The molecule has 24 heavy (non-hydrogen) atoms. The van der Waals surface area contributed by atoms with Gasteiger partial charge in [0, 0.05) is 17.1 Å². The van der Waals surface area contributed by atoms with Crippen molar-refractivity contribution < 1.29 is 8.42 Å². The van der Waals surface area contributed by atoms with Crippen molar-refractivity contribution >= 4 is 27.1 Å². The van der Waals surface area contributed by atoms with Crippen LogP contribution in [0.15, 0.2) is 48.5 Å². The van der Waals surface area contributed by atoms with Gasteiger partial charge in [-0.2, -0.15) is 0 Å². The Balaban J connectivity index is 2.08. The molecule has 0 aromatic heterocycles. The van der Waals surface area contributed by atoms with E-state index in [0.29, 0.717) is 18.0 Å². The lowest BCUT2D eigenvalue weighted by molar-refractivity contribution is 0.598. The molecule has 0 spiro atoms. The first-order valence-corrected chi connectivity index (χ1v) is 10.0. The molecule has 0 atom stereocenters. The van der Waals surface area contributed by atoms with E-state index in [1.165, 1.54) is 5.56 Å². The molecule has 0 heterocycles. The molecule has 0 aliphatic heterocycles. The van der Waals surface area contributed by atoms with E-state index in [2.05, 4.69) is 36.0 Å². The van der Waals surface area contributed by atoms with Crippen molar-refractivity contribution in [3.8, 4) is 0 Å². The largest absolute Gasteiger partial charge is 0.355 e. The summed E-state index contributed by atoms with van der Waals surface area (Å²) in [4.78, 5) is 0. The van der Waals surface area contributed by atoms with Crippen LogP contribution in [0.3, 0.4) is 0 Å². The van der Waals surface area contributed by atoms with E-state index in [1.807, 2.05) is 31.2 Å². The highest BCUT2D eigenvalue weighted by molar-refractivity contribution is 7.92. The van der Waals surface area contributed by atoms with E-state index in [4.69, 9.17) is 0 Å². The molecule has 0 fully saturated rings. The van der Waals surface area contributed by atoms with Gasteiger partial charge in [0.05, 0.1) is 5.75 Å². The van der Waals surface area contributed by atoms with E-state index in [1.54, 1.807) is 12.1 Å². The average Bonchev–Trinajstić information content (AvgIpc) is 2.55. The molecule has 0 radical (unpaired) electrons. The van der Waals surface area contributed by atoms with Gasteiger partial charge in [-0.05, 0) is 48.2 Å². The molecule has 130 valence electrons. The smallest absolute Gasteiger partial charge is 0.232 e. The number of hydrogen-bond acceptors (Lipinski definition) is 3. The summed E-state index contributed by atoms with van der Waals surface area (Å²) in [5.41, 5.74) is 3.85. The summed E-state index contributed by atoms with van der Waals surface area (Å²) >= 11 is 0. The van der Waals surface area contributed by atoms with Crippen LogP contribution in [0.2, 0.25) is 0 Å². The lowest BCUT2D eigenvalue weighted by Crippen LogP contribution is -2.16. The second kappa shape index (κ2) is 8.20. The van der Waals surface area contributed by atoms with Gasteiger partial charge in [-0.1, -0.05) is 45.4 Å². The topological polar surface area (TPSA) is 58.2 Å². The molecule has 0 saturated heterocycles. The van der Waals surface area contributed by atoms with Crippen LogP contribution in [0.1, 0.15) is 45.1 Å². The highest BCUT2D eigenvalue weighted by Gasteiger charge is 2.10. The molecule has 2 N–H and O–H groups in total. The zero-order chi connectivity index (χ0) is 17.6. The Labute approximate surface area is 145 Å². The van der Waals surface area contributed by atoms with E-state index >= 15 is 0 Å². The van der Waals surface area contributed by atoms with Crippen molar-refractivity contribution in [1.29, 1.82) is 0 Å². The summed E-state index contributed by atoms with van der Waals surface area (Å²) in [7, 11) is -3.26. The molecule has 2 aromatic carbocycles. The molecule has 0 unspecified atom stereocenters. The number of rotatable bonds is 8. The fraction of sp³-hybridized carbons (Fsp3) is 0.368. The first kappa shape index (κ1) is 18.3. The van der Waals surface area contributed by atoms with Crippen LogP contribution < -0.4 is 10.0 Å². The maximum Gasteiger partial charge on any atom is 0.232 e. The van der Waals surface area contributed by atoms with Gasteiger partial charge in [-0.15, -0.1) is 0 Å². The standard InChI is InChI=1S/C19H26N2O2S/c1-4-5-14-24(22,23)21-17-12-10-16(11-13-17)20-19-9-7-6-8-18(19)15(2)3/h6-13,15,20-21H,4-5,14H2,1-3H3. The molecule has 0 amide bonds. The summed E-state index contributed by atoms with van der Waals surface area (Å²) in [5.74, 6) is 0.587. The van der Waals surface area contributed by atoms with Crippen LogP contribution in [0.5, 0.6) is 0 Å². The summed E-state index contributed by atoms with van der Waals surface area (Å²) < 4.78 is 26.5. The fourth-order valence-corrected chi connectivity index (χ4v) is 3.72. The van der Waals surface area contributed by atoms with Crippen molar-refractivity contribution in [3.05, 3.63) is 54.1 Å². The third-order valence-corrected chi connectivity index (χ3v) is 5.16. The Kier molecular flexibility index (Phi) is 6.26. The van der Waals surface area contributed by atoms with E-state index < -0.39 is 10.0 Å². The normalized spacial score (nSPS) is 11.5. The highest BCUT2D eigenvalue weighted by Crippen LogP contribution is 2.27. The lowest BCUT2D eigenvalue weighted by atomic mass is 10.0. The minimum atomic E-state index is -3.26. The fourth-order valence-electron chi connectivity index (χ4n) is 2.46. The van der Waals surface area contributed by atoms with Gasteiger partial charge in [0.2, 0.25) is 10.0 Å². The van der Waals surface area contributed by atoms with Crippen LogP contribution in [0, 0.1) is 0 Å². The third kappa shape index (κ3) is 5.27. The number of unbranched alkanes of at least 4 members (excludes halogenated alkanes) is 1. The molecular formula is C19H26N2O2S. The number of sulfonamides is 1. The van der Waals surface area contributed by atoms with Crippen LogP contribution in [0.4, 0.5) is 17.1 Å². The van der Waals surface area contributed by atoms with Crippen LogP contribution >= 0.6 is 0 Å². The number of benzene rings is 2. The van der Waals surface area contributed by atoms with Gasteiger partial charge in [0.1, 0.15) is 0 Å². The minimum Gasteiger partial charge on any atom is -0.355 e. The Bertz CT molecular complexity index is 753. The summed E-state index contributed by atoms with van der Waals surface area (Å²) in [5, 5.41) is 3.40. The van der Waals surface area contributed by atoms with Crippen molar-refractivity contribution in [2.45, 2.75) is 39.5 Å². The number of para-hydroxylation sites is 1. The maximum atomic E-state index is 11.9. The number of hydrogen-bond donors (Lipinski definition) is 2. The second-order valence-corrected chi connectivity index (χ2v) is 8.06. The van der Waals surface area contributed by atoms with Gasteiger partial charge in [-0.25, -0.2) is 8.42 Å². The molecule has 5 heteroatoms. The highest BCUT2D eigenvalue weighted by atomic mass is 32.2. The molecule has 0 aliphatic rings. The van der Waals surface area contributed by atoms with Crippen LogP contribution in [-0.4, -0.2) is 14.2 Å². The number of anilines is 3. The molecule has 0 saturated carbocycles. The van der Waals surface area contributed by atoms with Gasteiger partial charge in [0.25, 0.3) is 0 Å². The monoisotopic (exact) mass is 346 g/mol. The third-order valence-electron chi connectivity index (χ3n) is 3.79. The molecule has 2 rings (SSSR count). The maximum absolute atomic E-state index is 11.9. The predicted octanol–water partition coefficient (Wildman–Crippen LogP) is 5.10. The molecule has 0 bridgehead atoms. The van der Waals surface area contributed by atoms with Crippen molar-refractivity contribution in [2.24, 2.45) is 0 Å². The van der Waals surface area contributed by atoms with E-state index in [9.17, 15) is 8.42 Å². The lowest BCUT2D eigenvalue weighted by Gasteiger charge is -2.15. The van der Waals surface area contributed by atoms with Crippen LogP contribution in [-0.2, 0) is 10.0 Å². The first-order valence-electron chi connectivity index (χ1n) is 8.38. The predicted molar refractivity (Wildman–Crippen MR) is 103 cm³/mol. The second-order valence-electron chi connectivity index (χ2n) is 6.22. The SMILES string of the molecule is CCCCS(=O)(=O)Nc1ccc(Nc2ccccc2C(C)C)cc1. The van der Waals surface area contributed by atoms with Crippen LogP contribution in [0.25, 0.3) is 0 Å². The summed E-state index contributed by atoms with van der Waals surface area (Å²) in [6, 6.07) is 15.5. The Morgan fingerprint density at radius 2 is 1.58 bits per heavy atom. The summed E-state index contributed by atoms with van der Waals surface area (Å²) in [6.07, 6.45) is 1.53. The quantitative estimate of drug-likeness (QED) is 0.699. The Morgan fingerprint density at radius 3 is 2.21 bits per heavy atom. The molecule has 2 aromatic rings. The molecular weight excluding hydrogens is 320 g/mol. The summed E-state index contributed by atoms with van der Waals surface area (Å²) in [6.45, 7) is 6.30. The molecule has 4 nitrogen and oxygen atoms in total. The van der Waals surface area contributed by atoms with Crippen molar-refractivity contribution in [3.63, 3.8) is 0 Å².